The predicted octanol–water partition coefficient (Wildman–Crippen LogP) is 8.38. The molecule has 1 aliphatic rings. The van der Waals surface area contributed by atoms with Crippen LogP contribution < -0.4 is 4.74 Å². The SMILES string of the molecule is O=C(OCCN1C(=O)c2c(Br)cc(Br)c(Br)c2C1=O)Oc1c(Br)c(Cl)c(Br)c(Cl)c1Br. The maximum Gasteiger partial charge on any atom is 0.513 e. The van der Waals surface area contributed by atoms with Gasteiger partial charge in [-0.3, -0.25) is 14.5 Å². The Labute approximate surface area is 236 Å². The molecule has 164 valence electrons. The van der Waals surface area contributed by atoms with Crippen molar-refractivity contribution in [2.24, 2.45) is 0 Å². The zero-order valence-corrected chi connectivity index (χ0v) is 25.5. The molecule has 0 saturated carbocycles. The van der Waals surface area contributed by atoms with Crippen molar-refractivity contribution in [3.63, 3.8) is 0 Å². The molecule has 2 aromatic rings. The Bertz CT molecular complexity index is 1130. The molecule has 0 bridgehead atoms. The lowest BCUT2D eigenvalue weighted by Gasteiger charge is -2.15. The fourth-order valence-corrected chi connectivity index (χ4v) is 6.95. The molecule has 2 aromatic carbocycles. The highest BCUT2D eigenvalue weighted by atomic mass is 79.9. The van der Waals surface area contributed by atoms with Crippen LogP contribution in [0.1, 0.15) is 20.7 Å². The van der Waals surface area contributed by atoms with E-state index >= 15 is 0 Å². The summed E-state index contributed by atoms with van der Waals surface area (Å²) in [6.45, 7) is -0.448. The molecule has 0 spiro atoms. The number of nitrogens with zero attached hydrogens (tertiary/aromatic N) is 1. The second-order valence-electron chi connectivity index (χ2n) is 5.77. The van der Waals surface area contributed by atoms with Crippen LogP contribution in [0, 0.1) is 0 Å². The molecule has 0 unspecified atom stereocenters. The summed E-state index contributed by atoms with van der Waals surface area (Å²) >= 11 is 31.9. The van der Waals surface area contributed by atoms with E-state index in [-0.39, 0.29) is 49.0 Å². The first kappa shape index (κ1) is 25.9. The molecule has 0 atom stereocenters. The van der Waals surface area contributed by atoms with Crippen LogP contribution in [0.5, 0.6) is 5.75 Å². The van der Waals surface area contributed by atoms with Crippen molar-refractivity contribution < 1.29 is 23.9 Å². The van der Waals surface area contributed by atoms with Gasteiger partial charge in [0.25, 0.3) is 11.8 Å². The van der Waals surface area contributed by atoms with Crippen molar-refractivity contribution in [3.05, 3.63) is 54.1 Å². The first-order valence-electron chi connectivity index (χ1n) is 7.87. The van der Waals surface area contributed by atoms with Gasteiger partial charge in [0, 0.05) is 13.4 Å². The van der Waals surface area contributed by atoms with Crippen molar-refractivity contribution >= 4 is 137 Å². The maximum absolute atomic E-state index is 12.7. The van der Waals surface area contributed by atoms with Gasteiger partial charge >= 0.3 is 6.16 Å². The minimum absolute atomic E-state index is 0.0154. The Morgan fingerprint density at radius 1 is 0.839 bits per heavy atom. The van der Waals surface area contributed by atoms with E-state index in [1.165, 1.54) is 0 Å². The molecule has 0 fully saturated rings. The smallest absolute Gasteiger partial charge is 0.432 e. The molecule has 3 rings (SSSR count). The number of fused-ring (bicyclic) bond motifs is 1. The second-order valence-corrected chi connectivity index (χ2v) is 11.4. The summed E-state index contributed by atoms with van der Waals surface area (Å²) < 4.78 is 12.7. The Morgan fingerprint density at radius 3 is 1.97 bits per heavy atom. The lowest BCUT2D eigenvalue weighted by Crippen LogP contribution is -2.33. The third-order valence-electron chi connectivity index (χ3n) is 3.98. The summed E-state index contributed by atoms with van der Waals surface area (Å²) in [5.41, 5.74) is 0.454. The Kier molecular flexibility index (Phi) is 8.60. The largest absolute Gasteiger partial charge is 0.513 e. The van der Waals surface area contributed by atoms with Gasteiger partial charge in [-0.15, -0.1) is 0 Å². The van der Waals surface area contributed by atoms with Crippen LogP contribution in [0.25, 0.3) is 0 Å². The zero-order valence-electron chi connectivity index (χ0n) is 14.5. The van der Waals surface area contributed by atoms with Crippen LogP contribution in [-0.4, -0.2) is 36.0 Å². The standard InChI is InChI=1S/C17H5Br6Cl2NO5/c18-4-3-5(19)8(20)7-6(4)15(27)26(16(7)28)1-2-30-17(29)31-14-10(22)12(24)9(21)13(25)11(14)23/h3H,1-2H2. The number of halogens is 8. The molecule has 2 amide bonds. The monoisotopic (exact) mass is 846 g/mol. The minimum Gasteiger partial charge on any atom is -0.432 e. The summed E-state index contributed by atoms with van der Waals surface area (Å²) in [6.07, 6.45) is -1.07. The summed E-state index contributed by atoms with van der Waals surface area (Å²) in [6, 6.07) is 1.66. The van der Waals surface area contributed by atoms with Crippen molar-refractivity contribution in [2.75, 3.05) is 13.2 Å². The minimum atomic E-state index is -1.07. The van der Waals surface area contributed by atoms with E-state index in [2.05, 4.69) is 95.6 Å². The number of benzene rings is 2. The van der Waals surface area contributed by atoms with Crippen LogP contribution in [0.15, 0.2) is 32.9 Å². The molecule has 14 heteroatoms. The number of hydrogen-bond acceptors (Lipinski definition) is 5. The fraction of sp³-hybridized carbons (Fsp3) is 0.118. The number of imide groups is 1. The first-order chi connectivity index (χ1) is 14.5. The van der Waals surface area contributed by atoms with Crippen LogP contribution in [-0.2, 0) is 4.74 Å². The molecule has 1 aliphatic heterocycles. The van der Waals surface area contributed by atoms with Crippen molar-refractivity contribution in [1.29, 1.82) is 0 Å². The molecule has 0 aliphatic carbocycles. The van der Waals surface area contributed by atoms with E-state index in [0.29, 0.717) is 17.9 Å². The molecule has 31 heavy (non-hydrogen) atoms. The normalized spacial score (nSPS) is 13.0. The number of carbonyl (C=O) groups is 3. The van der Waals surface area contributed by atoms with Gasteiger partial charge in [-0.25, -0.2) is 4.79 Å². The van der Waals surface area contributed by atoms with E-state index in [4.69, 9.17) is 32.7 Å². The Morgan fingerprint density at radius 2 is 1.39 bits per heavy atom. The van der Waals surface area contributed by atoms with Crippen molar-refractivity contribution in [1.82, 2.24) is 4.90 Å². The van der Waals surface area contributed by atoms with E-state index in [1.807, 2.05) is 0 Å². The third-order valence-corrected chi connectivity index (χ3v) is 10.6. The summed E-state index contributed by atoms with van der Waals surface area (Å²) in [7, 11) is 0. The number of carbonyl (C=O) groups excluding carboxylic acids is 3. The summed E-state index contributed by atoms with van der Waals surface area (Å²) in [5, 5.41) is 0.397. The van der Waals surface area contributed by atoms with E-state index < -0.39 is 18.0 Å². The second kappa shape index (κ2) is 10.3. The number of ether oxygens (including phenoxy) is 2. The van der Waals surface area contributed by atoms with Gasteiger partial charge in [-0.05, 0) is 102 Å². The molecule has 1 heterocycles. The Hall–Kier alpha value is 0.310. The highest BCUT2D eigenvalue weighted by molar-refractivity contribution is 9.13. The van der Waals surface area contributed by atoms with Gasteiger partial charge in [-0.1, -0.05) is 23.2 Å². The van der Waals surface area contributed by atoms with Crippen molar-refractivity contribution in [3.8, 4) is 5.75 Å². The molecule has 0 aromatic heterocycles. The highest BCUT2D eigenvalue weighted by Crippen LogP contribution is 2.48. The van der Waals surface area contributed by atoms with Crippen molar-refractivity contribution in [2.45, 2.75) is 0 Å². The van der Waals surface area contributed by atoms with Crippen LogP contribution >= 0.6 is 119 Å². The van der Waals surface area contributed by atoms with Gasteiger partial charge in [0.05, 0.1) is 41.1 Å². The van der Waals surface area contributed by atoms with Gasteiger partial charge in [-0.2, -0.15) is 0 Å². The molecular formula is C17H5Br6Cl2NO5. The van der Waals surface area contributed by atoms with Crippen LogP contribution in [0.4, 0.5) is 4.79 Å². The van der Waals surface area contributed by atoms with E-state index in [9.17, 15) is 14.4 Å². The van der Waals surface area contributed by atoms with Crippen LogP contribution in [0.2, 0.25) is 10.0 Å². The third kappa shape index (κ3) is 4.91. The van der Waals surface area contributed by atoms with E-state index in [1.54, 1.807) is 6.07 Å². The number of hydrogen-bond donors (Lipinski definition) is 0. The van der Waals surface area contributed by atoms with Gasteiger partial charge < -0.3 is 9.47 Å². The quantitative estimate of drug-likeness (QED) is 0.102. The maximum atomic E-state index is 12.7. The van der Waals surface area contributed by atoms with Gasteiger partial charge in [0.2, 0.25) is 0 Å². The summed E-state index contributed by atoms with van der Waals surface area (Å²) in [5.74, 6) is -1.00. The first-order valence-corrected chi connectivity index (χ1v) is 13.4. The molecule has 6 nitrogen and oxygen atoms in total. The predicted molar refractivity (Wildman–Crippen MR) is 136 cm³/mol. The average Bonchev–Trinajstić information content (AvgIpc) is 2.97. The molecule has 0 N–H and O–H groups in total. The zero-order chi connectivity index (χ0) is 23.2. The lowest BCUT2D eigenvalue weighted by atomic mass is 10.1. The molecular weight excluding hydrogens is 849 g/mol. The topological polar surface area (TPSA) is 72.9 Å². The molecule has 0 radical (unpaired) electrons. The van der Waals surface area contributed by atoms with E-state index in [0.717, 1.165) is 4.90 Å². The average molecular weight is 854 g/mol. The number of rotatable bonds is 4. The summed E-state index contributed by atoms with van der Waals surface area (Å²) in [4.78, 5) is 38.5. The molecule has 0 saturated heterocycles. The lowest BCUT2D eigenvalue weighted by molar-refractivity contribution is 0.0562. The highest BCUT2D eigenvalue weighted by Gasteiger charge is 2.39. The fourth-order valence-electron chi connectivity index (χ4n) is 2.58. The van der Waals surface area contributed by atoms with Crippen LogP contribution in [0.3, 0.4) is 0 Å². The van der Waals surface area contributed by atoms with Gasteiger partial charge in [0.15, 0.2) is 5.75 Å². The number of amides is 2. The van der Waals surface area contributed by atoms with Gasteiger partial charge in [0.1, 0.15) is 6.61 Å². The Balaban J connectivity index is 1.69.